The van der Waals surface area contributed by atoms with Crippen molar-refractivity contribution < 1.29 is 14.3 Å². The summed E-state index contributed by atoms with van der Waals surface area (Å²) < 4.78 is 13.3. The summed E-state index contributed by atoms with van der Waals surface area (Å²) in [5.74, 6) is 1.29. The van der Waals surface area contributed by atoms with Gasteiger partial charge in [-0.1, -0.05) is 18.2 Å². The molecule has 29 heavy (non-hydrogen) atoms. The van der Waals surface area contributed by atoms with E-state index in [1.165, 1.54) is 0 Å². The number of benzene rings is 2. The third-order valence-corrected chi connectivity index (χ3v) is 4.56. The van der Waals surface area contributed by atoms with Gasteiger partial charge < -0.3 is 19.4 Å². The van der Waals surface area contributed by atoms with Crippen LogP contribution in [0.2, 0.25) is 0 Å². The van der Waals surface area contributed by atoms with Crippen LogP contribution in [0.5, 0.6) is 11.5 Å². The predicted octanol–water partition coefficient (Wildman–Crippen LogP) is 4.22. The van der Waals surface area contributed by atoms with Crippen molar-refractivity contribution >= 4 is 5.91 Å². The molecule has 0 aliphatic heterocycles. The molecule has 0 fully saturated rings. The maximum atomic E-state index is 12.7. The zero-order chi connectivity index (χ0) is 20.6. The molecule has 3 rings (SSSR count). The Hall–Kier alpha value is -3.28. The third kappa shape index (κ3) is 5.38. The molecular formula is C23H27N3O3. The second-order valence-electron chi connectivity index (χ2n) is 6.70. The van der Waals surface area contributed by atoms with Crippen molar-refractivity contribution in [1.29, 1.82) is 0 Å². The number of nitrogens with zero attached hydrogens (tertiary/aromatic N) is 2. The summed E-state index contributed by atoms with van der Waals surface area (Å²) in [6, 6.07) is 13.2. The minimum absolute atomic E-state index is 0.112. The van der Waals surface area contributed by atoms with Crippen LogP contribution in [0, 0.1) is 0 Å². The third-order valence-electron chi connectivity index (χ3n) is 4.56. The number of amides is 1. The smallest absolute Gasteiger partial charge is 0.251 e. The highest BCUT2D eigenvalue weighted by molar-refractivity contribution is 5.94. The molecule has 1 heterocycles. The molecular weight excluding hydrogens is 366 g/mol. The van der Waals surface area contributed by atoms with Crippen LogP contribution in [-0.2, 0) is 6.54 Å². The molecule has 0 saturated carbocycles. The minimum atomic E-state index is -0.164. The van der Waals surface area contributed by atoms with E-state index in [1.54, 1.807) is 12.5 Å². The van der Waals surface area contributed by atoms with Gasteiger partial charge in [0.05, 0.1) is 25.6 Å². The largest absolute Gasteiger partial charge is 0.490 e. The van der Waals surface area contributed by atoms with Crippen LogP contribution in [0.15, 0.2) is 61.2 Å². The van der Waals surface area contributed by atoms with Crippen molar-refractivity contribution in [3.8, 4) is 11.5 Å². The van der Waals surface area contributed by atoms with Gasteiger partial charge in [-0.15, -0.1) is 0 Å². The van der Waals surface area contributed by atoms with Gasteiger partial charge in [-0.05, 0) is 56.2 Å². The summed E-state index contributed by atoms with van der Waals surface area (Å²) in [5.41, 5.74) is 2.70. The zero-order valence-corrected chi connectivity index (χ0v) is 17.1. The van der Waals surface area contributed by atoms with Crippen LogP contribution in [-0.4, -0.2) is 28.7 Å². The average Bonchev–Trinajstić information content (AvgIpc) is 3.23. The van der Waals surface area contributed by atoms with Crippen molar-refractivity contribution in [2.45, 2.75) is 33.4 Å². The van der Waals surface area contributed by atoms with E-state index in [-0.39, 0.29) is 11.9 Å². The molecule has 1 unspecified atom stereocenters. The summed E-state index contributed by atoms with van der Waals surface area (Å²) in [4.78, 5) is 16.7. The van der Waals surface area contributed by atoms with Gasteiger partial charge in [0, 0.05) is 24.5 Å². The number of carbonyl (C=O) groups excluding carboxylic acids is 1. The van der Waals surface area contributed by atoms with Crippen LogP contribution in [0.25, 0.3) is 0 Å². The zero-order valence-electron chi connectivity index (χ0n) is 17.1. The van der Waals surface area contributed by atoms with Crippen molar-refractivity contribution in [3.05, 3.63) is 77.9 Å². The lowest BCUT2D eigenvalue weighted by Crippen LogP contribution is -2.26. The molecule has 152 valence electrons. The number of ether oxygens (including phenoxy) is 2. The van der Waals surface area contributed by atoms with Crippen molar-refractivity contribution in [3.63, 3.8) is 0 Å². The van der Waals surface area contributed by atoms with Crippen LogP contribution in [0.3, 0.4) is 0 Å². The fourth-order valence-corrected chi connectivity index (χ4v) is 3.05. The van der Waals surface area contributed by atoms with E-state index < -0.39 is 0 Å². The quantitative estimate of drug-likeness (QED) is 0.591. The Bertz CT molecular complexity index is 921. The highest BCUT2D eigenvalue weighted by atomic mass is 16.5. The van der Waals surface area contributed by atoms with Gasteiger partial charge in [0.25, 0.3) is 5.91 Å². The molecule has 1 N–H and O–H groups in total. The first-order chi connectivity index (χ1) is 14.1. The van der Waals surface area contributed by atoms with Gasteiger partial charge in [-0.25, -0.2) is 4.98 Å². The molecule has 6 nitrogen and oxygen atoms in total. The first kappa shape index (κ1) is 20.5. The van der Waals surface area contributed by atoms with E-state index in [0.29, 0.717) is 30.3 Å². The summed E-state index contributed by atoms with van der Waals surface area (Å²) in [6.07, 6.45) is 5.44. The number of imidazole rings is 1. The average molecular weight is 393 g/mol. The van der Waals surface area contributed by atoms with Crippen molar-refractivity contribution in [1.82, 2.24) is 14.9 Å². The SMILES string of the molecule is CCOc1ccc(C(C)NC(=O)c2ccc(Cn3ccnc3)cc2)cc1OCC. The van der Waals surface area contributed by atoms with Crippen LogP contribution in [0.1, 0.15) is 48.3 Å². The molecule has 0 radical (unpaired) electrons. The van der Waals surface area contributed by atoms with E-state index in [1.807, 2.05) is 74.0 Å². The number of hydrogen-bond acceptors (Lipinski definition) is 4. The Morgan fingerprint density at radius 2 is 1.79 bits per heavy atom. The van der Waals surface area contributed by atoms with Gasteiger partial charge >= 0.3 is 0 Å². The maximum absolute atomic E-state index is 12.7. The van der Waals surface area contributed by atoms with Gasteiger partial charge in [-0.2, -0.15) is 0 Å². The molecule has 0 saturated heterocycles. The molecule has 1 amide bonds. The Balaban J connectivity index is 1.66. The summed E-state index contributed by atoms with van der Waals surface area (Å²) in [5, 5.41) is 3.05. The lowest BCUT2D eigenvalue weighted by Gasteiger charge is -2.17. The Morgan fingerprint density at radius 3 is 2.45 bits per heavy atom. The van der Waals surface area contributed by atoms with E-state index in [0.717, 1.165) is 17.7 Å². The molecule has 1 atom stereocenters. The molecule has 0 aliphatic carbocycles. The molecule has 3 aromatic rings. The first-order valence-corrected chi connectivity index (χ1v) is 9.85. The van der Waals surface area contributed by atoms with Crippen molar-refractivity contribution in [2.24, 2.45) is 0 Å². The Kier molecular flexibility index (Phi) is 6.89. The molecule has 0 bridgehead atoms. The predicted molar refractivity (Wildman–Crippen MR) is 112 cm³/mol. The Morgan fingerprint density at radius 1 is 1.07 bits per heavy atom. The highest BCUT2D eigenvalue weighted by Crippen LogP contribution is 2.30. The van der Waals surface area contributed by atoms with E-state index in [2.05, 4.69) is 10.3 Å². The highest BCUT2D eigenvalue weighted by Gasteiger charge is 2.14. The molecule has 1 aromatic heterocycles. The van der Waals surface area contributed by atoms with Gasteiger partial charge in [0.15, 0.2) is 11.5 Å². The monoisotopic (exact) mass is 393 g/mol. The van der Waals surface area contributed by atoms with Crippen LogP contribution < -0.4 is 14.8 Å². The molecule has 0 aliphatic rings. The second-order valence-corrected chi connectivity index (χ2v) is 6.70. The van der Waals surface area contributed by atoms with Gasteiger partial charge in [-0.3, -0.25) is 4.79 Å². The molecule has 0 spiro atoms. The standard InChI is InChI=1S/C23H27N3O3/c1-4-28-21-11-10-20(14-22(21)29-5-2)17(3)25-23(27)19-8-6-18(7-9-19)15-26-13-12-24-16-26/h6-14,16-17H,4-5,15H2,1-3H3,(H,25,27). The normalized spacial score (nSPS) is 11.7. The number of aromatic nitrogens is 2. The van der Waals surface area contributed by atoms with Gasteiger partial charge in [0.1, 0.15) is 0 Å². The topological polar surface area (TPSA) is 65.4 Å². The first-order valence-electron chi connectivity index (χ1n) is 9.85. The fraction of sp³-hybridized carbons (Fsp3) is 0.304. The molecule has 6 heteroatoms. The van der Waals surface area contributed by atoms with Crippen molar-refractivity contribution in [2.75, 3.05) is 13.2 Å². The van der Waals surface area contributed by atoms with Crippen LogP contribution in [0.4, 0.5) is 0 Å². The van der Waals surface area contributed by atoms with E-state index in [9.17, 15) is 4.79 Å². The lowest BCUT2D eigenvalue weighted by molar-refractivity contribution is 0.0940. The fourth-order valence-electron chi connectivity index (χ4n) is 3.05. The summed E-state index contributed by atoms with van der Waals surface area (Å²) >= 11 is 0. The minimum Gasteiger partial charge on any atom is -0.490 e. The van der Waals surface area contributed by atoms with E-state index in [4.69, 9.17) is 9.47 Å². The summed E-state index contributed by atoms with van der Waals surface area (Å²) in [6.45, 7) is 7.68. The molecule has 2 aromatic carbocycles. The lowest BCUT2D eigenvalue weighted by atomic mass is 10.1. The Labute approximate surface area is 171 Å². The second kappa shape index (κ2) is 9.78. The maximum Gasteiger partial charge on any atom is 0.251 e. The summed E-state index contributed by atoms with van der Waals surface area (Å²) in [7, 11) is 0. The number of hydrogen-bond donors (Lipinski definition) is 1. The van der Waals surface area contributed by atoms with Gasteiger partial charge in [0.2, 0.25) is 0 Å². The van der Waals surface area contributed by atoms with Crippen LogP contribution >= 0.6 is 0 Å². The number of nitrogens with one attached hydrogen (secondary N) is 1. The number of carbonyl (C=O) groups is 1. The number of rotatable bonds is 9. The van der Waals surface area contributed by atoms with E-state index >= 15 is 0 Å².